The number of carbonyl (C=O) groups is 1. The van der Waals surface area contributed by atoms with Crippen LogP contribution in [0.25, 0.3) is 0 Å². The van der Waals surface area contributed by atoms with Gasteiger partial charge < -0.3 is 10.8 Å². The smallest absolute Gasteiger partial charge is 0.326 e. The molecule has 94 valence electrons. The van der Waals surface area contributed by atoms with E-state index >= 15 is 0 Å². The molecule has 0 saturated heterocycles. The molecule has 0 amide bonds. The number of aromatic nitrogens is 1. The van der Waals surface area contributed by atoms with Crippen LogP contribution in [-0.4, -0.2) is 16.1 Å². The van der Waals surface area contributed by atoms with Crippen molar-refractivity contribution >= 4 is 28.9 Å². The Bertz CT molecular complexity index is 553. The Hall–Kier alpha value is -1.43. The molecule has 0 aliphatic heterocycles. The second-order valence-electron chi connectivity index (χ2n) is 3.79. The van der Waals surface area contributed by atoms with E-state index in [0.717, 1.165) is 10.6 Å². The van der Waals surface area contributed by atoms with Gasteiger partial charge in [0.15, 0.2) is 0 Å². The van der Waals surface area contributed by atoms with Gasteiger partial charge in [0.25, 0.3) is 0 Å². The molecule has 1 aromatic carbocycles. The summed E-state index contributed by atoms with van der Waals surface area (Å²) in [6, 6.07) is 6.41. The van der Waals surface area contributed by atoms with Gasteiger partial charge in [0, 0.05) is 16.8 Å². The zero-order valence-electron chi connectivity index (χ0n) is 9.34. The Balaban J connectivity index is 2.11. The summed E-state index contributed by atoms with van der Waals surface area (Å²) >= 11 is 7.21. The van der Waals surface area contributed by atoms with E-state index in [1.807, 2.05) is 24.3 Å². The second-order valence-corrected chi connectivity index (χ2v) is 5.16. The van der Waals surface area contributed by atoms with Crippen molar-refractivity contribution in [3.05, 3.63) is 50.9 Å². The van der Waals surface area contributed by atoms with Crippen LogP contribution in [-0.2, 0) is 11.2 Å². The van der Waals surface area contributed by atoms with E-state index in [9.17, 15) is 4.79 Å². The zero-order valence-corrected chi connectivity index (χ0v) is 10.9. The third-order valence-corrected chi connectivity index (χ3v) is 3.54. The fraction of sp³-hybridized carbons (Fsp3) is 0.167. The van der Waals surface area contributed by atoms with Crippen LogP contribution in [0, 0.1) is 0 Å². The number of halogens is 1. The van der Waals surface area contributed by atoms with Crippen molar-refractivity contribution in [1.29, 1.82) is 0 Å². The van der Waals surface area contributed by atoms with Gasteiger partial charge in [-0.3, -0.25) is 4.79 Å². The molecule has 0 aliphatic rings. The predicted octanol–water partition coefficient (Wildman–Crippen LogP) is 2.47. The first kappa shape index (κ1) is 13.0. The minimum atomic E-state index is -1.07. The first-order chi connectivity index (χ1) is 8.56. The third-order valence-electron chi connectivity index (χ3n) is 2.42. The highest BCUT2D eigenvalue weighted by Gasteiger charge is 2.17. The Morgan fingerprint density at radius 2 is 2.11 bits per heavy atom. The lowest BCUT2D eigenvalue weighted by Crippen LogP contribution is -2.20. The van der Waals surface area contributed by atoms with Crippen LogP contribution >= 0.6 is 22.9 Å². The lowest BCUT2D eigenvalue weighted by Gasteiger charge is -2.01. The van der Waals surface area contributed by atoms with E-state index in [0.29, 0.717) is 17.1 Å². The van der Waals surface area contributed by atoms with Crippen LogP contribution in [0.3, 0.4) is 0 Å². The minimum absolute atomic E-state index is 0.400. The van der Waals surface area contributed by atoms with Crippen LogP contribution in [0.5, 0.6) is 0 Å². The number of benzene rings is 1. The zero-order chi connectivity index (χ0) is 13.1. The average molecular weight is 283 g/mol. The van der Waals surface area contributed by atoms with Gasteiger partial charge in [-0.15, -0.1) is 11.3 Å². The van der Waals surface area contributed by atoms with Gasteiger partial charge >= 0.3 is 5.97 Å². The molecule has 4 nitrogen and oxygen atoms in total. The molecule has 6 heteroatoms. The molecule has 1 unspecified atom stereocenters. The molecule has 0 radical (unpaired) electrons. The van der Waals surface area contributed by atoms with Crippen LogP contribution in [0.2, 0.25) is 5.02 Å². The largest absolute Gasteiger partial charge is 0.480 e. The van der Waals surface area contributed by atoms with Crippen LogP contribution < -0.4 is 5.73 Å². The number of carboxylic acid groups (broad SMARTS) is 1. The highest BCUT2D eigenvalue weighted by Crippen LogP contribution is 2.19. The van der Waals surface area contributed by atoms with Crippen molar-refractivity contribution in [3.8, 4) is 0 Å². The summed E-state index contributed by atoms with van der Waals surface area (Å²) in [6.07, 6.45) is 0.647. The maximum Gasteiger partial charge on any atom is 0.326 e. The van der Waals surface area contributed by atoms with Crippen molar-refractivity contribution < 1.29 is 9.90 Å². The molecular formula is C12H11ClN2O2S. The topological polar surface area (TPSA) is 76.2 Å². The van der Waals surface area contributed by atoms with Crippen LogP contribution in [0.1, 0.15) is 22.3 Å². The van der Waals surface area contributed by atoms with Gasteiger partial charge in [-0.2, -0.15) is 0 Å². The SMILES string of the molecule is NC(C(=O)O)c1csc(Cc2ccc(Cl)cc2)n1. The van der Waals surface area contributed by atoms with Crippen molar-refractivity contribution in [3.63, 3.8) is 0 Å². The van der Waals surface area contributed by atoms with Gasteiger partial charge in [0.05, 0.1) is 10.7 Å². The summed E-state index contributed by atoms with van der Waals surface area (Å²) in [5, 5.41) is 12.0. The first-order valence-electron chi connectivity index (χ1n) is 5.23. The number of rotatable bonds is 4. The summed E-state index contributed by atoms with van der Waals surface area (Å²) in [5.74, 6) is -1.07. The number of nitrogens with two attached hydrogens (primary N) is 1. The molecule has 2 rings (SSSR count). The van der Waals surface area contributed by atoms with Gasteiger partial charge in [0.2, 0.25) is 0 Å². The summed E-state index contributed by atoms with van der Waals surface area (Å²) in [4.78, 5) is 15.0. The number of thiazole rings is 1. The maximum atomic E-state index is 10.7. The van der Waals surface area contributed by atoms with Gasteiger partial charge in [-0.25, -0.2) is 4.98 Å². The van der Waals surface area contributed by atoms with Crippen LogP contribution in [0.4, 0.5) is 0 Å². The maximum absolute atomic E-state index is 10.7. The summed E-state index contributed by atoms with van der Waals surface area (Å²) in [5.41, 5.74) is 6.96. The molecule has 0 spiro atoms. The molecular weight excluding hydrogens is 272 g/mol. The Kier molecular flexibility index (Phi) is 3.96. The van der Waals surface area contributed by atoms with Gasteiger partial charge in [-0.1, -0.05) is 23.7 Å². The number of carboxylic acids is 1. The van der Waals surface area contributed by atoms with E-state index in [4.69, 9.17) is 22.4 Å². The highest BCUT2D eigenvalue weighted by atomic mass is 35.5. The molecule has 3 N–H and O–H groups in total. The van der Waals surface area contributed by atoms with E-state index < -0.39 is 12.0 Å². The summed E-state index contributed by atoms with van der Waals surface area (Å²) in [7, 11) is 0. The second kappa shape index (κ2) is 5.48. The monoisotopic (exact) mass is 282 g/mol. The van der Waals surface area contributed by atoms with E-state index in [2.05, 4.69) is 4.98 Å². The molecule has 1 aromatic heterocycles. The fourth-order valence-corrected chi connectivity index (χ4v) is 2.44. The van der Waals surface area contributed by atoms with Crippen molar-refractivity contribution in [2.75, 3.05) is 0 Å². The quantitative estimate of drug-likeness (QED) is 0.903. The van der Waals surface area contributed by atoms with E-state index in [-0.39, 0.29) is 0 Å². The fourth-order valence-electron chi connectivity index (χ4n) is 1.45. The summed E-state index contributed by atoms with van der Waals surface area (Å²) in [6.45, 7) is 0. The molecule has 1 atom stereocenters. The van der Waals surface area contributed by atoms with E-state index in [1.54, 1.807) is 5.38 Å². The Morgan fingerprint density at radius 1 is 1.44 bits per heavy atom. The van der Waals surface area contributed by atoms with E-state index in [1.165, 1.54) is 11.3 Å². The molecule has 1 heterocycles. The van der Waals surface area contributed by atoms with Crippen molar-refractivity contribution in [2.45, 2.75) is 12.5 Å². The molecule has 0 fully saturated rings. The Labute approximate surface area is 113 Å². The number of hydrogen-bond acceptors (Lipinski definition) is 4. The van der Waals surface area contributed by atoms with Gasteiger partial charge in [-0.05, 0) is 17.7 Å². The lowest BCUT2D eigenvalue weighted by atomic mass is 10.1. The third kappa shape index (κ3) is 3.07. The van der Waals surface area contributed by atoms with Crippen LogP contribution in [0.15, 0.2) is 29.6 Å². The van der Waals surface area contributed by atoms with Gasteiger partial charge in [0.1, 0.15) is 6.04 Å². The number of hydrogen-bond donors (Lipinski definition) is 2. The normalized spacial score (nSPS) is 12.3. The molecule has 18 heavy (non-hydrogen) atoms. The van der Waals surface area contributed by atoms with Crippen molar-refractivity contribution in [1.82, 2.24) is 4.98 Å². The Morgan fingerprint density at radius 3 is 2.72 bits per heavy atom. The van der Waals surface area contributed by atoms with Crippen molar-refractivity contribution in [2.24, 2.45) is 5.73 Å². The lowest BCUT2D eigenvalue weighted by molar-refractivity contribution is -0.138. The molecule has 0 saturated carbocycles. The predicted molar refractivity (Wildman–Crippen MR) is 70.9 cm³/mol. The molecule has 2 aromatic rings. The highest BCUT2D eigenvalue weighted by molar-refractivity contribution is 7.09. The number of aliphatic carboxylic acids is 1. The standard InChI is InChI=1S/C12H11ClN2O2S/c13-8-3-1-7(2-4-8)5-10-15-9(6-18-10)11(14)12(16)17/h1-4,6,11H,5,14H2,(H,16,17). The molecule has 0 bridgehead atoms. The molecule has 0 aliphatic carbocycles. The first-order valence-corrected chi connectivity index (χ1v) is 6.49. The average Bonchev–Trinajstić information content (AvgIpc) is 2.79. The number of nitrogens with zero attached hydrogens (tertiary/aromatic N) is 1. The summed E-state index contributed by atoms with van der Waals surface area (Å²) < 4.78 is 0. The minimum Gasteiger partial charge on any atom is -0.480 e.